The van der Waals surface area contributed by atoms with Gasteiger partial charge in [0, 0.05) is 18.3 Å². The molecule has 0 aliphatic heterocycles. The highest BCUT2D eigenvalue weighted by Crippen LogP contribution is 2.27. The lowest BCUT2D eigenvalue weighted by Crippen LogP contribution is -2.33. The molecule has 1 fully saturated rings. The van der Waals surface area contributed by atoms with Crippen molar-refractivity contribution in [2.24, 2.45) is 5.73 Å². The lowest BCUT2D eigenvalue weighted by atomic mass is 9.92. The number of imidazole rings is 1. The van der Waals surface area contributed by atoms with E-state index < -0.39 is 0 Å². The maximum Gasteiger partial charge on any atom is 0.223 e. The first-order valence-corrected chi connectivity index (χ1v) is 10.4. The van der Waals surface area contributed by atoms with Gasteiger partial charge < -0.3 is 15.8 Å². The predicted octanol–water partition coefficient (Wildman–Crippen LogP) is 3.36. The van der Waals surface area contributed by atoms with Crippen LogP contribution in [0.1, 0.15) is 31.2 Å². The van der Waals surface area contributed by atoms with Gasteiger partial charge in [-0.1, -0.05) is 0 Å². The Hall–Kier alpha value is -3.59. The summed E-state index contributed by atoms with van der Waals surface area (Å²) in [5.74, 6) is 1.86. The van der Waals surface area contributed by atoms with Gasteiger partial charge in [-0.15, -0.1) is 0 Å². The quantitative estimate of drug-likeness (QED) is 0.509. The lowest BCUT2D eigenvalue weighted by Gasteiger charge is -2.26. The van der Waals surface area contributed by atoms with Crippen molar-refractivity contribution in [1.29, 1.82) is 0 Å². The van der Waals surface area contributed by atoms with Gasteiger partial charge in [-0.25, -0.2) is 24.9 Å². The number of hydrogen-bond acceptors (Lipinski definition) is 8. The smallest absolute Gasteiger partial charge is 0.223 e. The zero-order chi connectivity index (χ0) is 21.2. The Kier molecular flexibility index (Phi) is 5.17. The van der Waals surface area contributed by atoms with E-state index in [-0.39, 0.29) is 0 Å². The van der Waals surface area contributed by atoms with Crippen LogP contribution in [0, 0.1) is 6.92 Å². The van der Waals surface area contributed by atoms with Crippen LogP contribution in [-0.4, -0.2) is 41.4 Å². The fourth-order valence-electron chi connectivity index (χ4n) is 3.89. The largest absolute Gasteiger partial charge is 0.453 e. The molecule has 1 saturated carbocycles. The van der Waals surface area contributed by atoms with Gasteiger partial charge in [0.2, 0.25) is 5.95 Å². The molecule has 0 unspecified atom stereocenters. The molecule has 4 heterocycles. The number of nitrogens with zero attached hydrogens (tertiary/aromatic N) is 6. The number of fused-ring (bicyclic) bond motifs is 1. The number of pyridine rings is 1. The minimum Gasteiger partial charge on any atom is -0.453 e. The van der Waals surface area contributed by atoms with E-state index in [4.69, 9.17) is 15.5 Å². The van der Waals surface area contributed by atoms with Gasteiger partial charge >= 0.3 is 0 Å². The molecule has 0 aromatic carbocycles. The first kappa shape index (κ1) is 19.4. The van der Waals surface area contributed by atoms with Crippen LogP contribution in [-0.2, 0) is 0 Å². The molecule has 0 amide bonds. The molecule has 4 aromatic heterocycles. The number of aromatic nitrogens is 6. The van der Waals surface area contributed by atoms with E-state index in [1.165, 1.54) is 6.33 Å². The van der Waals surface area contributed by atoms with E-state index in [1.807, 2.05) is 42.0 Å². The molecule has 0 spiro atoms. The fraction of sp³-hybridized carbons (Fsp3) is 0.318. The zero-order valence-corrected chi connectivity index (χ0v) is 17.3. The summed E-state index contributed by atoms with van der Waals surface area (Å²) in [7, 11) is 0. The molecule has 1 aliphatic rings. The Balaban J connectivity index is 1.45. The average Bonchev–Trinajstić information content (AvgIpc) is 3.20. The normalized spacial score (nSPS) is 18.8. The van der Waals surface area contributed by atoms with Gasteiger partial charge in [0.15, 0.2) is 5.75 Å². The van der Waals surface area contributed by atoms with Crippen LogP contribution in [0.4, 0.5) is 5.95 Å². The molecule has 0 bridgehead atoms. The van der Waals surface area contributed by atoms with E-state index in [0.717, 1.165) is 48.3 Å². The van der Waals surface area contributed by atoms with Crippen molar-refractivity contribution in [1.82, 2.24) is 29.3 Å². The van der Waals surface area contributed by atoms with Crippen LogP contribution in [0.2, 0.25) is 0 Å². The number of ether oxygens (including phenoxy) is 1. The third-order valence-electron chi connectivity index (χ3n) is 5.57. The third-order valence-corrected chi connectivity index (χ3v) is 5.57. The van der Waals surface area contributed by atoms with Gasteiger partial charge in [0.25, 0.3) is 0 Å². The molecule has 1 aliphatic carbocycles. The van der Waals surface area contributed by atoms with Gasteiger partial charge in [0.05, 0.1) is 36.2 Å². The van der Waals surface area contributed by atoms with Crippen LogP contribution in [0.5, 0.6) is 11.5 Å². The van der Waals surface area contributed by atoms with Crippen molar-refractivity contribution < 1.29 is 4.74 Å². The Morgan fingerprint density at radius 3 is 2.61 bits per heavy atom. The highest BCUT2D eigenvalue weighted by molar-refractivity contribution is 5.64. The molecule has 0 atom stereocenters. The monoisotopic (exact) mass is 416 g/mol. The number of rotatable bonds is 5. The summed E-state index contributed by atoms with van der Waals surface area (Å²) in [5, 5.41) is 3.48. The topological polar surface area (TPSA) is 116 Å². The van der Waals surface area contributed by atoms with E-state index in [1.54, 1.807) is 12.4 Å². The summed E-state index contributed by atoms with van der Waals surface area (Å²) in [6, 6.07) is 4.44. The van der Waals surface area contributed by atoms with Crippen molar-refractivity contribution in [2.45, 2.75) is 44.7 Å². The molecule has 31 heavy (non-hydrogen) atoms. The van der Waals surface area contributed by atoms with Crippen LogP contribution in [0.15, 0.2) is 49.4 Å². The molecule has 9 nitrogen and oxygen atoms in total. The minimum absolute atomic E-state index is 0.310. The highest BCUT2D eigenvalue weighted by atomic mass is 16.5. The zero-order valence-electron chi connectivity index (χ0n) is 17.3. The number of nitrogens with two attached hydrogens (primary N) is 1. The molecule has 3 N–H and O–H groups in total. The van der Waals surface area contributed by atoms with Crippen LogP contribution in [0.25, 0.3) is 17.0 Å². The van der Waals surface area contributed by atoms with Crippen LogP contribution < -0.4 is 15.8 Å². The summed E-state index contributed by atoms with van der Waals surface area (Å²) in [6.07, 6.45) is 14.4. The molecule has 0 saturated heterocycles. The Bertz CT molecular complexity index is 1180. The summed E-state index contributed by atoms with van der Waals surface area (Å²) in [4.78, 5) is 21.8. The van der Waals surface area contributed by atoms with Gasteiger partial charge in [0.1, 0.15) is 17.7 Å². The summed E-state index contributed by atoms with van der Waals surface area (Å²) in [6.45, 7) is 2.00. The summed E-state index contributed by atoms with van der Waals surface area (Å²) >= 11 is 0. The molecular formula is C22H24N8O. The summed E-state index contributed by atoms with van der Waals surface area (Å²) in [5.41, 5.74) is 9.51. The third kappa shape index (κ3) is 4.17. The molecule has 4 aromatic rings. The maximum absolute atomic E-state index is 6.03. The van der Waals surface area contributed by atoms with E-state index in [0.29, 0.717) is 29.5 Å². The Morgan fingerprint density at radius 1 is 1.00 bits per heavy atom. The molecule has 0 radical (unpaired) electrons. The highest BCUT2D eigenvalue weighted by Gasteiger charge is 2.20. The van der Waals surface area contributed by atoms with Gasteiger partial charge in [-0.3, -0.25) is 4.40 Å². The van der Waals surface area contributed by atoms with Gasteiger partial charge in [-0.2, -0.15) is 0 Å². The van der Waals surface area contributed by atoms with Crippen molar-refractivity contribution in [2.75, 3.05) is 5.32 Å². The van der Waals surface area contributed by atoms with Crippen LogP contribution in [0.3, 0.4) is 0 Å². The predicted molar refractivity (Wildman–Crippen MR) is 117 cm³/mol. The van der Waals surface area contributed by atoms with Crippen molar-refractivity contribution in [3.63, 3.8) is 0 Å². The minimum atomic E-state index is 0.310. The van der Waals surface area contributed by atoms with Crippen molar-refractivity contribution >= 4 is 11.6 Å². The number of nitrogens with one attached hydrogen (secondary N) is 1. The maximum atomic E-state index is 6.03. The Morgan fingerprint density at radius 2 is 1.81 bits per heavy atom. The first-order chi connectivity index (χ1) is 15.2. The number of aryl methyl sites for hydroxylation is 1. The number of hydrogen-bond donors (Lipinski definition) is 2. The van der Waals surface area contributed by atoms with E-state index >= 15 is 0 Å². The second-order valence-corrected chi connectivity index (χ2v) is 7.89. The lowest BCUT2D eigenvalue weighted by molar-refractivity contribution is 0.410. The molecular weight excluding hydrogens is 392 g/mol. The van der Waals surface area contributed by atoms with Crippen molar-refractivity contribution in [3.05, 3.63) is 55.0 Å². The average molecular weight is 416 g/mol. The van der Waals surface area contributed by atoms with Crippen LogP contribution >= 0.6 is 0 Å². The summed E-state index contributed by atoms with van der Waals surface area (Å²) < 4.78 is 7.85. The van der Waals surface area contributed by atoms with Gasteiger partial charge in [-0.05, 0) is 50.3 Å². The standard InChI is InChI=1S/C22H24N8O/c1-14-8-27-22(28-16-4-2-15(23)3-5-16)29-21(14)19-11-26-20-7-6-17(12-30(19)20)31-18-9-24-13-25-10-18/h6-13,15-16H,2-5,23H2,1H3,(H,27,28,29). The van der Waals surface area contributed by atoms with E-state index in [9.17, 15) is 0 Å². The fourth-order valence-corrected chi connectivity index (χ4v) is 3.89. The second-order valence-electron chi connectivity index (χ2n) is 7.89. The molecule has 5 rings (SSSR count). The Labute approximate surface area is 179 Å². The molecule has 158 valence electrons. The first-order valence-electron chi connectivity index (χ1n) is 10.4. The van der Waals surface area contributed by atoms with E-state index in [2.05, 4.69) is 25.3 Å². The second kappa shape index (κ2) is 8.27. The SMILES string of the molecule is Cc1cnc(NC2CCC(N)CC2)nc1-c1cnc2ccc(Oc3cncnc3)cn12. The number of anilines is 1. The molecule has 9 heteroatoms. The van der Waals surface area contributed by atoms with Crippen molar-refractivity contribution in [3.8, 4) is 22.9 Å².